The van der Waals surface area contributed by atoms with E-state index in [1.807, 2.05) is 45.0 Å². The van der Waals surface area contributed by atoms with E-state index >= 15 is 0 Å². The maximum atomic E-state index is 11.9. The van der Waals surface area contributed by atoms with Crippen LogP contribution in [0.3, 0.4) is 0 Å². The minimum atomic E-state index is -0.0368. The molecule has 0 aliphatic carbocycles. The van der Waals surface area contributed by atoms with Gasteiger partial charge in [-0.1, -0.05) is 23.9 Å². The van der Waals surface area contributed by atoms with Crippen LogP contribution in [0, 0.1) is 20.8 Å². The molecule has 0 atom stereocenters. The van der Waals surface area contributed by atoms with Gasteiger partial charge in [-0.05, 0) is 44.0 Å². The van der Waals surface area contributed by atoms with Crippen molar-refractivity contribution < 1.29 is 9.53 Å². The molecule has 1 N–H and O–H groups in total. The average molecular weight is 331 g/mol. The molecular weight excluding hydrogens is 310 g/mol. The highest BCUT2D eigenvalue weighted by molar-refractivity contribution is 7.99. The fourth-order valence-electron chi connectivity index (χ4n) is 1.93. The van der Waals surface area contributed by atoms with Crippen molar-refractivity contribution in [3.63, 3.8) is 0 Å². The lowest BCUT2D eigenvalue weighted by molar-refractivity contribution is -0.118. The number of carbonyl (C=O) groups is 1. The van der Waals surface area contributed by atoms with Crippen molar-refractivity contribution in [3.8, 4) is 5.75 Å². The second-order valence-corrected chi connectivity index (χ2v) is 6.16. The Morgan fingerprint density at radius 2 is 1.74 bits per heavy atom. The summed E-state index contributed by atoms with van der Waals surface area (Å²) >= 11 is 1.35. The third-order valence-corrected chi connectivity index (χ3v) is 4.44. The number of nitrogens with one attached hydrogen (secondary N) is 1. The highest BCUT2D eigenvalue weighted by Crippen LogP contribution is 2.17. The number of methoxy groups -OCH3 is 1. The minimum absolute atomic E-state index is 0.0368. The molecule has 0 spiro atoms. The predicted molar refractivity (Wildman–Crippen MR) is 91.8 cm³/mol. The number of benzene rings is 1. The summed E-state index contributed by atoms with van der Waals surface area (Å²) in [7, 11) is 1.63. The van der Waals surface area contributed by atoms with E-state index < -0.39 is 0 Å². The van der Waals surface area contributed by atoms with Crippen LogP contribution < -0.4 is 10.1 Å². The molecule has 0 aliphatic rings. The van der Waals surface area contributed by atoms with Crippen molar-refractivity contribution in [2.45, 2.75) is 32.5 Å². The molecule has 0 fully saturated rings. The molecule has 2 rings (SSSR count). The van der Waals surface area contributed by atoms with Crippen LogP contribution in [0.5, 0.6) is 5.75 Å². The Balaban J connectivity index is 1.83. The molecule has 2 aromatic rings. The van der Waals surface area contributed by atoms with E-state index in [0.717, 1.165) is 28.3 Å². The fourth-order valence-corrected chi connectivity index (χ4v) is 2.70. The zero-order chi connectivity index (χ0) is 16.8. The average Bonchev–Trinajstić information content (AvgIpc) is 2.56. The maximum Gasteiger partial charge on any atom is 0.230 e. The molecule has 5 nitrogen and oxygen atoms in total. The molecule has 6 heteroatoms. The summed E-state index contributed by atoms with van der Waals surface area (Å²) in [5.74, 6) is 1.07. The number of ether oxygens (including phenoxy) is 1. The second-order valence-electron chi connectivity index (χ2n) is 5.22. The first kappa shape index (κ1) is 17.3. The number of hydrogen-bond donors (Lipinski definition) is 1. The molecule has 23 heavy (non-hydrogen) atoms. The summed E-state index contributed by atoms with van der Waals surface area (Å²) in [5, 5.41) is 3.53. The number of thioether (sulfide) groups is 1. The van der Waals surface area contributed by atoms with Crippen LogP contribution in [-0.4, -0.2) is 28.7 Å². The van der Waals surface area contributed by atoms with E-state index in [-0.39, 0.29) is 5.91 Å². The van der Waals surface area contributed by atoms with Gasteiger partial charge in [-0.2, -0.15) is 0 Å². The van der Waals surface area contributed by atoms with E-state index in [2.05, 4.69) is 15.3 Å². The van der Waals surface area contributed by atoms with E-state index in [1.165, 1.54) is 11.8 Å². The molecule has 1 heterocycles. The SMILES string of the molecule is COc1ccc(CNC(=O)CSc2nc(C)c(C)c(C)n2)cc1. The van der Waals surface area contributed by atoms with Gasteiger partial charge in [0.2, 0.25) is 5.91 Å². The van der Waals surface area contributed by atoms with Crippen molar-refractivity contribution in [2.24, 2.45) is 0 Å². The molecule has 0 aliphatic heterocycles. The van der Waals surface area contributed by atoms with Crippen LogP contribution in [-0.2, 0) is 11.3 Å². The number of aryl methyl sites for hydroxylation is 2. The summed E-state index contributed by atoms with van der Waals surface area (Å²) < 4.78 is 5.11. The summed E-state index contributed by atoms with van der Waals surface area (Å²) in [6, 6.07) is 7.62. The van der Waals surface area contributed by atoms with Crippen molar-refractivity contribution >= 4 is 17.7 Å². The molecule has 1 aromatic carbocycles. The molecule has 122 valence electrons. The number of amides is 1. The van der Waals surface area contributed by atoms with E-state index in [9.17, 15) is 4.79 Å². The van der Waals surface area contributed by atoms with Crippen molar-refractivity contribution in [1.29, 1.82) is 0 Å². The lowest BCUT2D eigenvalue weighted by Gasteiger charge is -2.08. The second kappa shape index (κ2) is 7.97. The van der Waals surface area contributed by atoms with Gasteiger partial charge >= 0.3 is 0 Å². The van der Waals surface area contributed by atoms with Gasteiger partial charge in [-0.15, -0.1) is 0 Å². The van der Waals surface area contributed by atoms with Crippen LogP contribution in [0.25, 0.3) is 0 Å². The lowest BCUT2D eigenvalue weighted by Crippen LogP contribution is -2.24. The lowest BCUT2D eigenvalue weighted by atomic mass is 10.2. The number of rotatable bonds is 6. The van der Waals surface area contributed by atoms with Crippen LogP contribution in [0.4, 0.5) is 0 Å². The topological polar surface area (TPSA) is 64.1 Å². The molecular formula is C17H21N3O2S. The van der Waals surface area contributed by atoms with Crippen LogP contribution in [0.2, 0.25) is 0 Å². The highest BCUT2D eigenvalue weighted by Gasteiger charge is 2.08. The molecule has 1 amide bonds. The predicted octanol–water partition coefficient (Wildman–Crippen LogP) is 2.82. The zero-order valence-corrected chi connectivity index (χ0v) is 14.7. The van der Waals surface area contributed by atoms with Crippen molar-refractivity contribution in [3.05, 3.63) is 46.8 Å². The number of hydrogen-bond acceptors (Lipinski definition) is 5. The number of carbonyl (C=O) groups excluding carboxylic acids is 1. The molecule has 0 bridgehead atoms. The van der Waals surface area contributed by atoms with Crippen molar-refractivity contribution in [2.75, 3.05) is 12.9 Å². The van der Waals surface area contributed by atoms with Gasteiger partial charge in [-0.25, -0.2) is 9.97 Å². The van der Waals surface area contributed by atoms with Crippen LogP contribution in [0.15, 0.2) is 29.4 Å². The maximum absolute atomic E-state index is 11.9. The summed E-state index contributed by atoms with van der Waals surface area (Å²) in [6.07, 6.45) is 0. The smallest absolute Gasteiger partial charge is 0.230 e. The third kappa shape index (κ3) is 4.96. The highest BCUT2D eigenvalue weighted by atomic mass is 32.2. The Hall–Kier alpha value is -2.08. The molecule has 1 aromatic heterocycles. The van der Waals surface area contributed by atoms with Gasteiger partial charge < -0.3 is 10.1 Å². The number of aromatic nitrogens is 2. The largest absolute Gasteiger partial charge is 0.497 e. The van der Waals surface area contributed by atoms with E-state index in [1.54, 1.807) is 7.11 Å². The minimum Gasteiger partial charge on any atom is -0.497 e. The Labute approximate surface area is 140 Å². The van der Waals surface area contributed by atoms with Gasteiger partial charge in [-0.3, -0.25) is 4.79 Å². The molecule has 0 radical (unpaired) electrons. The first-order valence-electron chi connectivity index (χ1n) is 7.34. The standard InChI is InChI=1S/C17H21N3O2S/c1-11-12(2)19-17(20-13(11)3)23-10-16(21)18-9-14-5-7-15(22-4)8-6-14/h5-8H,9-10H2,1-4H3,(H,18,21). The first-order valence-corrected chi connectivity index (χ1v) is 8.32. The Bertz CT molecular complexity index is 664. The van der Waals surface area contributed by atoms with Crippen LogP contribution in [0.1, 0.15) is 22.5 Å². The normalized spacial score (nSPS) is 10.4. The Morgan fingerprint density at radius 3 is 2.30 bits per heavy atom. The van der Waals surface area contributed by atoms with Crippen LogP contribution >= 0.6 is 11.8 Å². The van der Waals surface area contributed by atoms with Crippen molar-refractivity contribution in [1.82, 2.24) is 15.3 Å². The molecule has 0 unspecified atom stereocenters. The van der Waals surface area contributed by atoms with E-state index in [4.69, 9.17) is 4.74 Å². The van der Waals surface area contributed by atoms with Gasteiger partial charge in [0.1, 0.15) is 5.75 Å². The van der Waals surface area contributed by atoms with Gasteiger partial charge in [0, 0.05) is 17.9 Å². The Kier molecular flexibility index (Phi) is 5.98. The van der Waals surface area contributed by atoms with Gasteiger partial charge in [0.05, 0.1) is 12.9 Å². The van der Waals surface area contributed by atoms with Gasteiger partial charge in [0.25, 0.3) is 0 Å². The quantitative estimate of drug-likeness (QED) is 0.651. The zero-order valence-electron chi connectivity index (χ0n) is 13.8. The molecule has 0 saturated carbocycles. The summed E-state index contributed by atoms with van der Waals surface area (Å²) in [5.41, 5.74) is 4.04. The summed E-state index contributed by atoms with van der Waals surface area (Å²) in [6.45, 7) is 6.41. The number of nitrogens with zero attached hydrogens (tertiary/aromatic N) is 2. The first-order chi connectivity index (χ1) is 11.0. The van der Waals surface area contributed by atoms with Gasteiger partial charge in [0.15, 0.2) is 5.16 Å². The summed E-state index contributed by atoms with van der Waals surface area (Å²) in [4.78, 5) is 20.7. The Morgan fingerprint density at radius 1 is 1.13 bits per heavy atom. The van der Waals surface area contributed by atoms with E-state index in [0.29, 0.717) is 17.5 Å². The third-order valence-electron chi connectivity index (χ3n) is 3.59. The monoisotopic (exact) mass is 331 g/mol. The molecule has 0 saturated heterocycles. The fraction of sp³-hybridized carbons (Fsp3) is 0.353.